The fourth-order valence-corrected chi connectivity index (χ4v) is 3.99. The third-order valence-corrected chi connectivity index (χ3v) is 5.32. The molecule has 0 radical (unpaired) electrons. The molecule has 1 N–H and O–H groups in total. The van der Waals surface area contributed by atoms with Crippen LogP contribution >= 0.6 is 0 Å². The molecule has 26 heavy (non-hydrogen) atoms. The van der Waals surface area contributed by atoms with Gasteiger partial charge in [-0.1, -0.05) is 43.3 Å². The molecule has 2 rings (SSSR count). The minimum atomic E-state index is -3.78. The van der Waals surface area contributed by atoms with Gasteiger partial charge in [0.25, 0.3) is 0 Å². The van der Waals surface area contributed by atoms with Gasteiger partial charge in [-0.05, 0) is 37.1 Å². The second-order valence-electron chi connectivity index (χ2n) is 6.09. The van der Waals surface area contributed by atoms with Crippen LogP contribution < -0.4 is 9.62 Å². The summed E-state index contributed by atoms with van der Waals surface area (Å²) in [6, 6.07) is 13.4. The normalized spacial score (nSPS) is 13.7. The number of halogens is 1. The van der Waals surface area contributed by atoms with E-state index < -0.39 is 27.8 Å². The molecule has 2 aromatic rings. The molecule has 0 saturated heterocycles. The third-order valence-electron chi connectivity index (χ3n) is 4.08. The second kappa shape index (κ2) is 8.31. The van der Waals surface area contributed by atoms with Gasteiger partial charge < -0.3 is 5.32 Å². The van der Waals surface area contributed by atoms with Crippen LogP contribution in [-0.2, 0) is 14.8 Å². The number of nitrogens with zero attached hydrogens (tertiary/aromatic N) is 1. The SMILES string of the molecule is CCC(NC(=O)C(C)N(c1cccc(F)c1)S(C)(=O)=O)c1ccccc1. The van der Waals surface area contributed by atoms with E-state index in [1.807, 2.05) is 37.3 Å². The van der Waals surface area contributed by atoms with Gasteiger partial charge in [-0.2, -0.15) is 0 Å². The fraction of sp³-hybridized carbons (Fsp3) is 0.316. The molecule has 1 amide bonds. The van der Waals surface area contributed by atoms with Crippen molar-refractivity contribution in [3.05, 3.63) is 66.0 Å². The second-order valence-corrected chi connectivity index (χ2v) is 7.95. The van der Waals surface area contributed by atoms with Crippen LogP contribution in [0.3, 0.4) is 0 Å². The lowest BCUT2D eigenvalue weighted by Gasteiger charge is -2.29. The lowest BCUT2D eigenvalue weighted by atomic mass is 10.0. The van der Waals surface area contributed by atoms with Crippen molar-refractivity contribution in [3.63, 3.8) is 0 Å². The summed E-state index contributed by atoms with van der Waals surface area (Å²) in [4.78, 5) is 12.7. The number of amides is 1. The maximum absolute atomic E-state index is 13.5. The quantitative estimate of drug-likeness (QED) is 0.804. The van der Waals surface area contributed by atoms with Crippen molar-refractivity contribution in [2.45, 2.75) is 32.4 Å². The summed E-state index contributed by atoms with van der Waals surface area (Å²) >= 11 is 0. The highest BCUT2D eigenvalue weighted by atomic mass is 32.2. The van der Waals surface area contributed by atoms with Crippen molar-refractivity contribution in [2.24, 2.45) is 0 Å². The Hall–Kier alpha value is -2.41. The van der Waals surface area contributed by atoms with E-state index in [4.69, 9.17) is 0 Å². The Kier molecular flexibility index (Phi) is 6.37. The largest absolute Gasteiger partial charge is 0.347 e. The molecule has 0 heterocycles. The molecule has 140 valence electrons. The topological polar surface area (TPSA) is 66.5 Å². The number of benzene rings is 2. The zero-order chi connectivity index (χ0) is 19.3. The van der Waals surface area contributed by atoms with E-state index in [1.54, 1.807) is 0 Å². The van der Waals surface area contributed by atoms with E-state index in [-0.39, 0.29) is 11.7 Å². The fourth-order valence-electron chi connectivity index (χ4n) is 2.82. The molecule has 0 saturated carbocycles. The molecule has 7 heteroatoms. The van der Waals surface area contributed by atoms with Gasteiger partial charge in [-0.15, -0.1) is 0 Å². The maximum Gasteiger partial charge on any atom is 0.244 e. The van der Waals surface area contributed by atoms with Gasteiger partial charge in [0.05, 0.1) is 18.0 Å². The summed E-state index contributed by atoms with van der Waals surface area (Å²) in [6.07, 6.45) is 1.65. The first-order valence-corrected chi connectivity index (χ1v) is 10.2. The Morgan fingerprint density at radius 2 is 1.81 bits per heavy atom. The maximum atomic E-state index is 13.5. The predicted molar refractivity (Wildman–Crippen MR) is 101 cm³/mol. The average Bonchev–Trinajstić information content (AvgIpc) is 2.59. The third kappa shape index (κ3) is 4.82. The number of hydrogen-bond acceptors (Lipinski definition) is 3. The Balaban J connectivity index is 2.28. The molecular formula is C19H23FN2O3S. The van der Waals surface area contributed by atoms with Crippen LogP contribution in [-0.4, -0.2) is 26.6 Å². The van der Waals surface area contributed by atoms with Crippen molar-refractivity contribution >= 4 is 21.6 Å². The predicted octanol–water partition coefficient (Wildman–Crippen LogP) is 3.25. The molecule has 0 bridgehead atoms. The van der Waals surface area contributed by atoms with Gasteiger partial charge in [0, 0.05) is 0 Å². The Morgan fingerprint density at radius 3 is 2.35 bits per heavy atom. The van der Waals surface area contributed by atoms with Crippen LogP contribution in [0.2, 0.25) is 0 Å². The van der Waals surface area contributed by atoms with Crippen molar-refractivity contribution in [2.75, 3.05) is 10.6 Å². The van der Waals surface area contributed by atoms with E-state index in [1.165, 1.54) is 25.1 Å². The number of nitrogens with one attached hydrogen (secondary N) is 1. The summed E-state index contributed by atoms with van der Waals surface area (Å²) in [6.45, 7) is 3.42. The van der Waals surface area contributed by atoms with Crippen molar-refractivity contribution in [1.82, 2.24) is 5.32 Å². The van der Waals surface area contributed by atoms with Crippen LogP contribution in [0.1, 0.15) is 31.9 Å². The smallest absolute Gasteiger partial charge is 0.244 e. The molecular weight excluding hydrogens is 355 g/mol. The van der Waals surface area contributed by atoms with Gasteiger partial charge in [-0.25, -0.2) is 12.8 Å². The van der Waals surface area contributed by atoms with E-state index >= 15 is 0 Å². The van der Waals surface area contributed by atoms with Crippen LogP contribution in [0.15, 0.2) is 54.6 Å². The highest BCUT2D eigenvalue weighted by molar-refractivity contribution is 7.92. The summed E-state index contributed by atoms with van der Waals surface area (Å²) < 4.78 is 39.0. The molecule has 5 nitrogen and oxygen atoms in total. The number of anilines is 1. The Morgan fingerprint density at radius 1 is 1.15 bits per heavy atom. The van der Waals surface area contributed by atoms with Crippen LogP contribution in [0.4, 0.5) is 10.1 Å². The number of sulfonamides is 1. The number of carbonyl (C=O) groups is 1. The first-order chi connectivity index (χ1) is 12.2. The van der Waals surface area contributed by atoms with E-state index in [0.29, 0.717) is 6.42 Å². The first-order valence-electron chi connectivity index (χ1n) is 8.34. The lowest BCUT2D eigenvalue weighted by Crippen LogP contribution is -2.48. The van der Waals surface area contributed by atoms with Gasteiger partial charge >= 0.3 is 0 Å². The number of carbonyl (C=O) groups excluding carboxylic acids is 1. The van der Waals surface area contributed by atoms with Crippen LogP contribution in [0, 0.1) is 5.82 Å². The van der Waals surface area contributed by atoms with Crippen molar-refractivity contribution < 1.29 is 17.6 Å². The monoisotopic (exact) mass is 378 g/mol. The van der Waals surface area contributed by atoms with Gasteiger partial charge in [0.2, 0.25) is 15.9 Å². The zero-order valence-electron chi connectivity index (χ0n) is 15.0. The van der Waals surface area contributed by atoms with Gasteiger partial charge in [-0.3, -0.25) is 9.10 Å². The molecule has 0 fully saturated rings. The number of rotatable bonds is 7. The Labute approximate surface area is 153 Å². The van der Waals surface area contributed by atoms with Gasteiger partial charge in [0.1, 0.15) is 11.9 Å². The van der Waals surface area contributed by atoms with Gasteiger partial charge in [0.15, 0.2) is 0 Å². The standard InChI is InChI=1S/C19H23FN2O3S/c1-4-18(15-9-6-5-7-10-15)21-19(23)14(2)22(26(3,24)25)17-12-8-11-16(20)13-17/h5-14,18H,4H2,1-3H3,(H,21,23). The molecule has 2 aromatic carbocycles. The minimum Gasteiger partial charge on any atom is -0.347 e. The van der Waals surface area contributed by atoms with Crippen molar-refractivity contribution in [1.29, 1.82) is 0 Å². The molecule has 2 atom stereocenters. The van der Waals surface area contributed by atoms with E-state index in [0.717, 1.165) is 22.2 Å². The first kappa shape index (κ1) is 19.9. The van der Waals surface area contributed by atoms with Crippen LogP contribution in [0.25, 0.3) is 0 Å². The molecule has 0 aliphatic rings. The number of hydrogen-bond donors (Lipinski definition) is 1. The van der Waals surface area contributed by atoms with E-state index in [2.05, 4.69) is 5.32 Å². The summed E-state index contributed by atoms with van der Waals surface area (Å²) in [5.41, 5.74) is 1.05. The van der Waals surface area contributed by atoms with E-state index in [9.17, 15) is 17.6 Å². The lowest BCUT2D eigenvalue weighted by molar-refractivity contribution is -0.122. The molecule has 0 aliphatic carbocycles. The summed E-state index contributed by atoms with van der Waals surface area (Å²) in [7, 11) is -3.78. The summed E-state index contributed by atoms with van der Waals surface area (Å²) in [5, 5.41) is 2.88. The zero-order valence-corrected chi connectivity index (χ0v) is 15.8. The highest BCUT2D eigenvalue weighted by Gasteiger charge is 2.30. The molecule has 0 aromatic heterocycles. The average molecular weight is 378 g/mol. The highest BCUT2D eigenvalue weighted by Crippen LogP contribution is 2.23. The summed E-state index contributed by atoms with van der Waals surface area (Å²) in [5.74, 6) is -1.02. The van der Waals surface area contributed by atoms with Crippen LogP contribution in [0.5, 0.6) is 0 Å². The molecule has 2 unspecified atom stereocenters. The van der Waals surface area contributed by atoms with Crippen molar-refractivity contribution in [3.8, 4) is 0 Å². The minimum absolute atomic E-state index is 0.114. The Bertz CT molecular complexity index is 856. The molecule has 0 aliphatic heterocycles. The molecule has 0 spiro atoms.